The van der Waals surface area contributed by atoms with Crippen LogP contribution in [0.4, 0.5) is 9.59 Å². The zero-order chi connectivity index (χ0) is 41.5. The topological polar surface area (TPSA) is 129 Å². The fourth-order valence-electron chi connectivity index (χ4n) is 4.69. The van der Waals surface area contributed by atoms with Gasteiger partial charge in [-0.25, -0.2) is 19.2 Å². The number of ether oxygens (including phenoxy) is 4. The minimum Gasteiger partial charge on any atom is -0.461 e. The highest BCUT2D eigenvalue weighted by Crippen LogP contribution is 2.30. The van der Waals surface area contributed by atoms with Crippen LogP contribution in [0.5, 0.6) is 0 Å². The van der Waals surface area contributed by atoms with E-state index in [0.717, 1.165) is 41.3 Å². The average Bonchev–Trinajstić information content (AvgIpc) is 3.24. The number of benzene rings is 4. The van der Waals surface area contributed by atoms with Gasteiger partial charge in [-0.1, -0.05) is 71.6 Å². The maximum Gasteiger partial charge on any atom is 0.407 e. The molecule has 15 heteroatoms. The molecule has 2 amide bonds. The number of alkyl carbamates (subject to hydrolysis) is 2. The van der Waals surface area contributed by atoms with Crippen molar-refractivity contribution in [1.29, 1.82) is 0 Å². The van der Waals surface area contributed by atoms with Gasteiger partial charge in [0.25, 0.3) is 0 Å². The van der Waals surface area contributed by atoms with Crippen molar-refractivity contribution in [2.45, 2.75) is 38.7 Å². The Bertz CT molecular complexity index is 1940. The summed E-state index contributed by atoms with van der Waals surface area (Å²) in [4.78, 5) is 52.3. The smallest absolute Gasteiger partial charge is 0.407 e. The summed E-state index contributed by atoms with van der Waals surface area (Å²) in [6.45, 7) is 8.77. The summed E-state index contributed by atoms with van der Waals surface area (Å²) < 4.78 is 22.5. The molecule has 4 aromatic rings. The summed E-state index contributed by atoms with van der Waals surface area (Å²) in [5.41, 5.74) is 2.41. The zero-order valence-corrected chi connectivity index (χ0v) is 36.7. The number of thioether (sulfide) groups is 4. The van der Waals surface area contributed by atoms with E-state index in [4.69, 9.17) is 18.9 Å². The van der Waals surface area contributed by atoms with Gasteiger partial charge < -0.3 is 29.6 Å². The molecule has 0 aliphatic carbocycles. The first-order valence-corrected chi connectivity index (χ1v) is 22.8. The Kier molecular flexibility index (Phi) is 20.8. The van der Waals surface area contributed by atoms with Crippen LogP contribution in [0.3, 0.4) is 0 Å². The average molecular weight is 926 g/mol. The van der Waals surface area contributed by atoms with Crippen molar-refractivity contribution in [1.82, 2.24) is 10.6 Å². The summed E-state index contributed by atoms with van der Waals surface area (Å²) in [5, 5.41) is 5.29. The molecule has 0 saturated heterocycles. The standard InChI is InChI=1S/C43H45BrN2O8S4/c1-4-40(47)51-24-22-45-42(49)54-35(29-58-39-20-14-33(44)15-21-39)28-57-38-18-12-32(13-19-38)31-10-16-37(17-11-31)56-27-34(26-55-36-8-6-5-7-9-36)53-43(50)46-23-25-52-41(48)30(2)3/h4-21,34-35H,1-2,22-29H2,3H3,(H,45,49)(H,46,50). The lowest BCUT2D eigenvalue weighted by atomic mass is 10.1. The van der Waals surface area contributed by atoms with Gasteiger partial charge in [-0.05, 0) is 78.7 Å². The van der Waals surface area contributed by atoms with E-state index in [1.54, 1.807) is 54.0 Å². The third-order valence-electron chi connectivity index (χ3n) is 7.63. The van der Waals surface area contributed by atoms with E-state index in [2.05, 4.69) is 88.3 Å². The van der Waals surface area contributed by atoms with E-state index in [0.29, 0.717) is 28.6 Å². The fourth-order valence-corrected chi connectivity index (χ4v) is 8.85. The van der Waals surface area contributed by atoms with E-state index < -0.39 is 30.2 Å². The van der Waals surface area contributed by atoms with E-state index in [1.807, 2.05) is 54.6 Å². The molecule has 4 rings (SSSR count). The molecule has 2 unspecified atom stereocenters. The van der Waals surface area contributed by atoms with Gasteiger partial charge in [0.15, 0.2) is 0 Å². The SMILES string of the molecule is C=CC(=O)OCCNC(=O)OC(CSc1ccc(Br)cc1)CSc1ccc(-c2ccc(SCC(CSc3ccccc3)OC(=O)NCCOC(=O)C(=C)C)cc2)cc1. The highest BCUT2D eigenvalue weighted by molar-refractivity contribution is 9.10. The second-order valence-electron chi connectivity index (χ2n) is 12.3. The predicted molar refractivity (Wildman–Crippen MR) is 239 cm³/mol. The van der Waals surface area contributed by atoms with Crippen molar-refractivity contribution >= 4 is 87.1 Å². The quantitative estimate of drug-likeness (QED) is 0.0242. The molecule has 0 aromatic heterocycles. The monoisotopic (exact) mass is 924 g/mol. The van der Waals surface area contributed by atoms with Crippen LogP contribution in [-0.2, 0) is 28.5 Å². The van der Waals surface area contributed by atoms with Gasteiger partial charge in [-0.2, -0.15) is 0 Å². The van der Waals surface area contributed by atoms with Crippen LogP contribution in [0.15, 0.2) is 152 Å². The minimum absolute atomic E-state index is 0.0188. The number of nitrogens with one attached hydrogen (secondary N) is 2. The molecule has 0 fully saturated rings. The summed E-state index contributed by atoms with van der Waals surface area (Å²) in [5.74, 6) is 1.14. The predicted octanol–water partition coefficient (Wildman–Crippen LogP) is 9.92. The molecule has 0 heterocycles. The summed E-state index contributed by atoms with van der Waals surface area (Å²) in [6, 6.07) is 34.4. The van der Waals surface area contributed by atoms with Gasteiger partial charge in [-0.3, -0.25) is 0 Å². The van der Waals surface area contributed by atoms with E-state index in [-0.39, 0.29) is 32.4 Å². The molecule has 4 aromatic carbocycles. The number of hydrogen-bond donors (Lipinski definition) is 2. The van der Waals surface area contributed by atoms with Crippen LogP contribution in [0.2, 0.25) is 0 Å². The molecule has 0 radical (unpaired) electrons. The Balaban J connectivity index is 1.29. The molecule has 2 atom stereocenters. The van der Waals surface area contributed by atoms with Gasteiger partial charge >= 0.3 is 24.1 Å². The molecular weight excluding hydrogens is 881 g/mol. The van der Waals surface area contributed by atoms with Gasteiger partial charge in [0, 0.05) is 58.7 Å². The number of carbonyl (C=O) groups is 4. The maximum absolute atomic E-state index is 12.6. The summed E-state index contributed by atoms with van der Waals surface area (Å²) >= 11 is 9.88. The second kappa shape index (κ2) is 25.9. The molecule has 0 aliphatic heterocycles. The van der Waals surface area contributed by atoms with Crippen LogP contribution >= 0.6 is 63.0 Å². The van der Waals surface area contributed by atoms with Crippen LogP contribution in [0.1, 0.15) is 6.92 Å². The number of rotatable bonds is 23. The Hall–Kier alpha value is -4.28. The van der Waals surface area contributed by atoms with Crippen molar-refractivity contribution < 1.29 is 38.1 Å². The van der Waals surface area contributed by atoms with Crippen molar-refractivity contribution in [3.63, 3.8) is 0 Å². The zero-order valence-electron chi connectivity index (χ0n) is 31.9. The number of carbonyl (C=O) groups excluding carboxylic acids is 4. The van der Waals surface area contributed by atoms with E-state index in [9.17, 15) is 19.2 Å². The molecule has 306 valence electrons. The molecule has 0 saturated carbocycles. The normalized spacial score (nSPS) is 11.7. The lowest BCUT2D eigenvalue weighted by molar-refractivity contribution is -0.139. The third kappa shape index (κ3) is 18.1. The number of halogens is 1. The summed E-state index contributed by atoms with van der Waals surface area (Å²) in [6.07, 6.45) is -0.862. The van der Waals surface area contributed by atoms with Gasteiger partial charge in [0.1, 0.15) is 25.4 Å². The highest BCUT2D eigenvalue weighted by Gasteiger charge is 2.18. The Morgan fingerprint density at radius 1 is 0.621 bits per heavy atom. The first kappa shape index (κ1) is 46.4. The number of hydrogen-bond acceptors (Lipinski definition) is 12. The van der Waals surface area contributed by atoms with Crippen LogP contribution in [-0.4, -0.2) is 85.6 Å². The number of amides is 2. The first-order chi connectivity index (χ1) is 28.1. The van der Waals surface area contributed by atoms with Crippen molar-refractivity contribution in [2.75, 3.05) is 49.3 Å². The van der Waals surface area contributed by atoms with Crippen molar-refractivity contribution in [2.24, 2.45) is 0 Å². The molecule has 0 aliphatic rings. The Morgan fingerprint density at radius 2 is 1.02 bits per heavy atom. The molecule has 58 heavy (non-hydrogen) atoms. The summed E-state index contributed by atoms with van der Waals surface area (Å²) in [7, 11) is 0. The minimum atomic E-state index is -0.580. The van der Waals surface area contributed by atoms with Gasteiger partial charge in [-0.15, -0.1) is 47.0 Å². The largest absolute Gasteiger partial charge is 0.461 e. The lowest BCUT2D eigenvalue weighted by Crippen LogP contribution is -2.33. The molecule has 0 bridgehead atoms. The van der Waals surface area contributed by atoms with Crippen LogP contribution < -0.4 is 10.6 Å². The van der Waals surface area contributed by atoms with Gasteiger partial charge in [0.2, 0.25) is 0 Å². The Labute approximate surface area is 365 Å². The first-order valence-electron chi connectivity index (χ1n) is 18.1. The lowest BCUT2D eigenvalue weighted by Gasteiger charge is -2.18. The Morgan fingerprint density at radius 3 is 1.43 bits per heavy atom. The van der Waals surface area contributed by atoms with E-state index in [1.165, 1.54) is 0 Å². The third-order valence-corrected chi connectivity index (χ3v) is 12.7. The number of esters is 2. The van der Waals surface area contributed by atoms with Crippen molar-refractivity contribution in [3.8, 4) is 11.1 Å². The van der Waals surface area contributed by atoms with Crippen LogP contribution in [0, 0.1) is 0 Å². The molecule has 0 spiro atoms. The molecular formula is C43H45BrN2O8S4. The highest BCUT2D eigenvalue weighted by atomic mass is 79.9. The molecule has 10 nitrogen and oxygen atoms in total. The van der Waals surface area contributed by atoms with Gasteiger partial charge in [0.05, 0.1) is 13.1 Å². The van der Waals surface area contributed by atoms with Crippen LogP contribution in [0.25, 0.3) is 11.1 Å². The van der Waals surface area contributed by atoms with E-state index >= 15 is 0 Å². The maximum atomic E-state index is 12.6. The molecule has 2 N–H and O–H groups in total. The second-order valence-corrected chi connectivity index (χ2v) is 17.5. The van der Waals surface area contributed by atoms with Crippen molar-refractivity contribution in [3.05, 3.63) is 132 Å². The fraction of sp³-hybridized carbons (Fsp3) is 0.256.